The Balaban J connectivity index is 1.86. The number of hydrogen-bond acceptors (Lipinski definition) is 6. The Morgan fingerprint density at radius 1 is 1.27 bits per heavy atom. The molecular weight excluding hydrogens is 278 g/mol. The molecule has 1 saturated heterocycles. The van der Waals surface area contributed by atoms with Crippen LogP contribution in [0.2, 0.25) is 0 Å². The molecule has 22 heavy (non-hydrogen) atoms. The molecule has 1 aromatic rings. The van der Waals surface area contributed by atoms with Gasteiger partial charge in [-0.1, -0.05) is 13.8 Å². The average molecular weight is 303 g/mol. The predicted molar refractivity (Wildman–Crippen MR) is 85.9 cm³/mol. The monoisotopic (exact) mass is 303 g/mol. The van der Waals surface area contributed by atoms with Gasteiger partial charge in [0.05, 0.1) is 25.6 Å². The summed E-state index contributed by atoms with van der Waals surface area (Å²) in [5.74, 6) is 1.43. The Kier molecular flexibility index (Phi) is 5.56. The first-order chi connectivity index (χ1) is 10.5. The fourth-order valence-corrected chi connectivity index (χ4v) is 2.80. The van der Waals surface area contributed by atoms with E-state index in [1.807, 2.05) is 0 Å². The molecule has 0 saturated carbocycles. The van der Waals surface area contributed by atoms with Crippen molar-refractivity contribution in [2.75, 3.05) is 44.7 Å². The first kappa shape index (κ1) is 16.5. The molecule has 6 nitrogen and oxygen atoms in total. The van der Waals surface area contributed by atoms with Gasteiger partial charge in [0.1, 0.15) is 0 Å². The Morgan fingerprint density at radius 2 is 2.00 bits per heavy atom. The summed E-state index contributed by atoms with van der Waals surface area (Å²) < 4.78 is 5.13. The number of piperazine rings is 1. The molecule has 0 N–H and O–H groups in total. The van der Waals surface area contributed by atoms with Gasteiger partial charge in [-0.2, -0.15) is 10.2 Å². The summed E-state index contributed by atoms with van der Waals surface area (Å²) in [7, 11) is 1.61. The average Bonchev–Trinajstić information content (AvgIpc) is 2.53. The molecule has 0 aliphatic carbocycles. The van der Waals surface area contributed by atoms with E-state index in [9.17, 15) is 0 Å². The van der Waals surface area contributed by atoms with Crippen molar-refractivity contribution in [1.82, 2.24) is 14.9 Å². The molecule has 1 aromatic heterocycles. The Bertz CT molecular complexity index is 518. The first-order valence-corrected chi connectivity index (χ1v) is 7.74. The predicted octanol–water partition coefficient (Wildman–Crippen LogP) is 1.94. The van der Waals surface area contributed by atoms with Crippen molar-refractivity contribution >= 4 is 5.82 Å². The van der Waals surface area contributed by atoms with Gasteiger partial charge in [-0.15, -0.1) is 0 Å². The summed E-state index contributed by atoms with van der Waals surface area (Å²) in [5, 5.41) is 8.75. The van der Waals surface area contributed by atoms with E-state index in [0.29, 0.717) is 12.3 Å². The Morgan fingerprint density at radius 3 is 2.64 bits per heavy atom. The van der Waals surface area contributed by atoms with Gasteiger partial charge >= 0.3 is 0 Å². The molecule has 0 bridgehead atoms. The van der Waals surface area contributed by atoms with Crippen LogP contribution in [0.4, 0.5) is 5.82 Å². The second kappa shape index (κ2) is 7.41. The molecule has 0 unspecified atom stereocenters. The lowest BCUT2D eigenvalue weighted by molar-refractivity contribution is 0.162. The van der Waals surface area contributed by atoms with Crippen LogP contribution in [0.3, 0.4) is 0 Å². The van der Waals surface area contributed by atoms with E-state index in [0.717, 1.165) is 45.0 Å². The van der Waals surface area contributed by atoms with Crippen LogP contribution in [0.25, 0.3) is 0 Å². The van der Waals surface area contributed by atoms with Crippen LogP contribution in [-0.2, 0) is 0 Å². The number of ether oxygens (including phenoxy) is 1. The van der Waals surface area contributed by atoms with Gasteiger partial charge in [0.15, 0.2) is 5.82 Å². The first-order valence-electron chi connectivity index (χ1n) is 7.74. The van der Waals surface area contributed by atoms with Crippen LogP contribution in [0.5, 0.6) is 5.88 Å². The van der Waals surface area contributed by atoms with Crippen molar-refractivity contribution in [3.05, 3.63) is 12.4 Å². The maximum atomic E-state index is 8.75. The molecule has 1 aliphatic rings. The third-order valence-corrected chi connectivity index (χ3v) is 4.07. The molecule has 0 amide bonds. The van der Waals surface area contributed by atoms with Gasteiger partial charge in [0.25, 0.3) is 0 Å². The van der Waals surface area contributed by atoms with Gasteiger partial charge in [-0.3, -0.25) is 9.88 Å². The molecule has 1 fully saturated rings. The molecule has 2 heterocycles. The van der Waals surface area contributed by atoms with E-state index >= 15 is 0 Å². The van der Waals surface area contributed by atoms with Crippen LogP contribution in [0.15, 0.2) is 12.4 Å². The van der Waals surface area contributed by atoms with Gasteiger partial charge in [-0.05, 0) is 11.8 Å². The van der Waals surface area contributed by atoms with Crippen molar-refractivity contribution < 1.29 is 4.74 Å². The van der Waals surface area contributed by atoms with Crippen LogP contribution in [0, 0.1) is 16.7 Å². The summed E-state index contributed by atoms with van der Waals surface area (Å²) >= 11 is 0. The highest BCUT2D eigenvalue weighted by atomic mass is 16.5. The third-order valence-electron chi connectivity index (χ3n) is 4.07. The molecule has 0 spiro atoms. The maximum absolute atomic E-state index is 8.75. The minimum absolute atomic E-state index is 0.188. The van der Waals surface area contributed by atoms with Gasteiger partial charge in [-0.25, -0.2) is 0 Å². The minimum Gasteiger partial charge on any atom is -0.480 e. The molecule has 2 rings (SSSR count). The normalized spacial score (nSPS) is 16.4. The van der Waals surface area contributed by atoms with Crippen LogP contribution < -0.4 is 9.64 Å². The topological polar surface area (TPSA) is 65.3 Å². The quantitative estimate of drug-likeness (QED) is 0.800. The summed E-state index contributed by atoms with van der Waals surface area (Å²) in [6, 6.07) is 2.25. The van der Waals surface area contributed by atoms with Gasteiger partial charge < -0.3 is 9.64 Å². The summed E-state index contributed by atoms with van der Waals surface area (Å²) in [6.07, 6.45) is 4.99. The number of aromatic nitrogens is 2. The molecule has 120 valence electrons. The molecule has 0 aromatic carbocycles. The van der Waals surface area contributed by atoms with Crippen LogP contribution in [0.1, 0.15) is 26.7 Å². The number of nitrogens with zero attached hydrogens (tertiary/aromatic N) is 5. The summed E-state index contributed by atoms with van der Waals surface area (Å²) in [6.45, 7) is 9.41. The van der Waals surface area contributed by atoms with Gasteiger partial charge in [0.2, 0.25) is 5.88 Å². The number of anilines is 1. The zero-order chi connectivity index (χ0) is 16.0. The highest BCUT2D eigenvalue weighted by Crippen LogP contribution is 2.24. The van der Waals surface area contributed by atoms with Crippen LogP contribution in [-0.4, -0.2) is 54.7 Å². The summed E-state index contributed by atoms with van der Waals surface area (Å²) in [4.78, 5) is 13.3. The number of nitriles is 1. The lowest BCUT2D eigenvalue weighted by atomic mass is 9.87. The van der Waals surface area contributed by atoms with E-state index in [2.05, 4.69) is 39.7 Å². The van der Waals surface area contributed by atoms with E-state index in [-0.39, 0.29) is 5.41 Å². The fraction of sp³-hybridized carbons (Fsp3) is 0.688. The molecule has 6 heteroatoms. The molecular formula is C16H25N5O. The number of hydrogen-bond donors (Lipinski definition) is 0. The SMILES string of the molecule is COc1cncc(N2CCN(CC(C)(C)CCC#N)CC2)n1. The van der Waals surface area contributed by atoms with E-state index in [4.69, 9.17) is 10.00 Å². The standard InChI is InChI=1S/C16H25N5O/c1-16(2,5-4-6-17)13-20-7-9-21(10-8-20)14-11-18-12-15(19-14)22-3/h11-12H,4-5,7-10,13H2,1-3H3. The van der Waals surface area contributed by atoms with Crippen LogP contribution >= 0.6 is 0 Å². The highest BCUT2D eigenvalue weighted by Gasteiger charge is 2.25. The summed E-state index contributed by atoms with van der Waals surface area (Å²) in [5.41, 5.74) is 0.188. The second-order valence-corrected chi connectivity index (χ2v) is 6.51. The van der Waals surface area contributed by atoms with E-state index < -0.39 is 0 Å². The highest BCUT2D eigenvalue weighted by molar-refractivity contribution is 5.38. The zero-order valence-corrected chi connectivity index (χ0v) is 13.7. The van der Waals surface area contributed by atoms with Crippen molar-refractivity contribution in [1.29, 1.82) is 5.26 Å². The lowest BCUT2D eigenvalue weighted by Gasteiger charge is -2.39. The number of methoxy groups -OCH3 is 1. The Hall–Kier alpha value is -1.87. The van der Waals surface area contributed by atoms with Gasteiger partial charge in [0, 0.05) is 39.1 Å². The molecule has 0 radical (unpaired) electrons. The second-order valence-electron chi connectivity index (χ2n) is 6.51. The Labute approximate surface area is 132 Å². The minimum atomic E-state index is 0.188. The van der Waals surface area contributed by atoms with E-state index in [1.165, 1.54) is 0 Å². The third kappa shape index (κ3) is 4.57. The van der Waals surface area contributed by atoms with Crippen molar-refractivity contribution in [2.45, 2.75) is 26.7 Å². The van der Waals surface area contributed by atoms with Crippen molar-refractivity contribution in [2.24, 2.45) is 5.41 Å². The maximum Gasteiger partial charge on any atom is 0.233 e. The largest absolute Gasteiger partial charge is 0.480 e. The molecule has 1 aliphatic heterocycles. The number of rotatable bonds is 6. The van der Waals surface area contributed by atoms with E-state index in [1.54, 1.807) is 19.5 Å². The smallest absolute Gasteiger partial charge is 0.233 e. The van der Waals surface area contributed by atoms with Crippen molar-refractivity contribution in [3.63, 3.8) is 0 Å². The lowest BCUT2D eigenvalue weighted by Crippen LogP contribution is -2.49. The fourth-order valence-electron chi connectivity index (χ4n) is 2.80. The zero-order valence-electron chi connectivity index (χ0n) is 13.7. The van der Waals surface area contributed by atoms with Crippen molar-refractivity contribution in [3.8, 4) is 11.9 Å². The molecule has 0 atom stereocenters.